The van der Waals surface area contributed by atoms with E-state index in [2.05, 4.69) is 0 Å². The Bertz CT molecular complexity index is 109. The molecule has 0 saturated carbocycles. The molecule has 0 radical (unpaired) electrons. The van der Waals surface area contributed by atoms with Crippen LogP contribution >= 0.6 is 41.6 Å². The summed E-state index contributed by atoms with van der Waals surface area (Å²) in [5.41, 5.74) is 0. The molecule has 9 heavy (non-hydrogen) atoms. The third kappa shape index (κ3) is 9.37. The van der Waals surface area contributed by atoms with E-state index >= 15 is 0 Å². The van der Waals surface area contributed by atoms with Crippen LogP contribution in [0.15, 0.2) is 0 Å². The number of carbonyl (C=O) groups is 1. The van der Waals surface area contributed by atoms with Gasteiger partial charge in [-0.3, -0.25) is 0 Å². The third-order valence-electron chi connectivity index (χ3n) is 0.605. The molecule has 0 bridgehead atoms. The summed E-state index contributed by atoms with van der Waals surface area (Å²) in [6.07, 6.45) is 0.179. The van der Waals surface area contributed by atoms with Gasteiger partial charge >= 0.3 is 73.8 Å². The maximum atomic E-state index is 10.1. The summed E-state index contributed by atoms with van der Waals surface area (Å²) in [6.45, 7) is 0. The first kappa shape index (κ1) is 10.4. The first-order valence-corrected chi connectivity index (χ1v) is 12.3. The van der Waals surface area contributed by atoms with Crippen LogP contribution in [-0.2, 0) is 4.79 Å². The Morgan fingerprint density at radius 1 is 1.33 bits per heavy atom. The third-order valence-corrected chi connectivity index (χ3v) is 5.45. The van der Waals surface area contributed by atoms with Gasteiger partial charge in [-0.25, -0.2) is 0 Å². The molecule has 0 aromatic carbocycles. The molecule has 0 amide bonds. The molecular weight excluding hydrogens is 266 g/mol. The van der Waals surface area contributed by atoms with E-state index < -0.39 is 15.7 Å². The second-order valence-corrected chi connectivity index (χ2v) is 18.6. The van der Waals surface area contributed by atoms with Crippen molar-refractivity contribution in [2.45, 2.75) is 11.7 Å². The Morgan fingerprint density at radius 3 is 1.89 bits per heavy atom. The summed E-state index contributed by atoms with van der Waals surface area (Å²) in [6, 6.07) is 0. The number of carbonyl (C=O) groups excluding carboxylic acids is 1. The molecule has 0 aliphatic heterocycles. The molecule has 0 heterocycles. The van der Waals surface area contributed by atoms with Crippen LogP contribution < -0.4 is 0 Å². The molecular formula is C3H4Cl4GeO. The normalized spacial score (nSPS) is 11.6. The Labute approximate surface area is 73.5 Å². The summed E-state index contributed by atoms with van der Waals surface area (Å²) >= 11 is 5.00. The fourth-order valence-corrected chi connectivity index (χ4v) is 3.21. The molecule has 0 saturated heterocycles. The van der Waals surface area contributed by atoms with Crippen LogP contribution in [0.4, 0.5) is 0 Å². The molecule has 0 spiro atoms. The molecule has 6 heteroatoms. The van der Waals surface area contributed by atoms with Crippen molar-refractivity contribution >= 4 is 57.4 Å². The van der Waals surface area contributed by atoms with Gasteiger partial charge in [0, 0.05) is 0 Å². The zero-order chi connectivity index (χ0) is 7.49. The first-order chi connectivity index (χ1) is 3.92. The van der Waals surface area contributed by atoms with Gasteiger partial charge in [-0.15, -0.1) is 0 Å². The maximum absolute atomic E-state index is 10.1. The van der Waals surface area contributed by atoms with E-state index in [9.17, 15) is 4.79 Å². The van der Waals surface area contributed by atoms with Crippen molar-refractivity contribution in [2.24, 2.45) is 0 Å². The molecule has 0 aromatic heterocycles. The van der Waals surface area contributed by atoms with Gasteiger partial charge in [0.1, 0.15) is 0 Å². The van der Waals surface area contributed by atoms with Crippen LogP contribution in [0.1, 0.15) is 6.42 Å². The van der Waals surface area contributed by atoms with Gasteiger partial charge < -0.3 is 0 Å². The van der Waals surface area contributed by atoms with Gasteiger partial charge in [0.05, 0.1) is 0 Å². The van der Waals surface area contributed by atoms with Crippen molar-refractivity contribution in [3.63, 3.8) is 0 Å². The second-order valence-electron chi connectivity index (χ2n) is 1.47. The van der Waals surface area contributed by atoms with Gasteiger partial charge in [-0.05, 0) is 0 Å². The van der Waals surface area contributed by atoms with Gasteiger partial charge in [0.15, 0.2) is 0 Å². The summed E-state index contributed by atoms with van der Waals surface area (Å²) in [5.74, 6) is 0. The number of hydrogen-bond donors (Lipinski definition) is 0. The van der Waals surface area contributed by atoms with E-state index in [1.807, 2.05) is 0 Å². The summed E-state index contributed by atoms with van der Waals surface area (Å²) < 4.78 is 0. The van der Waals surface area contributed by atoms with Gasteiger partial charge in [0.2, 0.25) is 0 Å². The average Bonchev–Trinajstić information content (AvgIpc) is 1.59. The Kier molecular flexibility index (Phi) is 4.95. The standard InChI is InChI=1S/C3H4Cl4GeO/c4-3(9)1-2-8(5,6)7/h1-2H2. The van der Waals surface area contributed by atoms with Gasteiger partial charge in [-0.1, -0.05) is 0 Å². The van der Waals surface area contributed by atoms with E-state index in [4.69, 9.17) is 41.6 Å². The fourth-order valence-electron chi connectivity index (χ4n) is 0.240. The van der Waals surface area contributed by atoms with Crippen molar-refractivity contribution in [1.82, 2.24) is 0 Å². The van der Waals surface area contributed by atoms with E-state index in [1.165, 1.54) is 0 Å². The van der Waals surface area contributed by atoms with E-state index in [0.29, 0.717) is 5.25 Å². The molecule has 0 fully saturated rings. The van der Waals surface area contributed by atoms with E-state index in [0.717, 1.165) is 0 Å². The van der Waals surface area contributed by atoms with Crippen LogP contribution in [0.3, 0.4) is 0 Å². The predicted molar refractivity (Wildman–Crippen MR) is 43.6 cm³/mol. The van der Waals surface area contributed by atoms with Crippen molar-refractivity contribution in [1.29, 1.82) is 0 Å². The topological polar surface area (TPSA) is 17.1 Å². The fraction of sp³-hybridized carbons (Fsp3) is 0.667. The Morgan fingerprint density at radius 2 is 1.78 bits per heavy atom. The number of hydrogen-bond acceptors (Lipinski definition) is 1. The van der Waals surface area contributed by atoms with Gasteiger partial charge in [-0.2, -0.15) is 0 Å². The van der Waals surface area contributed by atoms with Crippen molar-refractivity contribution < 1.29 is 4.79 Å². The van der Waals surface area contributed by atoms with Crippen molar-refractivity contribution in [3.05, 3.63) is 0 Å². The summed E-state index contributed by atoms with van der Waals surface area (Å²) in [7, 11) is 13.4. The zero-order valence-corrected chi connectivity index (χ0v) is 9.46. The molecule has 0 aliphatic rings. The van der Waals surface area contributed by atoms with Crippen LogP contribution in [0, 0.1) is 0 Å². The molecule has 0 aromatic rings. The summed E-state index contributed by atoms with van der Waals surface area (Å²) in [4.78, 5) is 10.1. The van der Waals surface area contributed by atoms with Crippen LogP contribution in [0.2, 0.25) is 5.25 Å². The summed E-state index contributed by atoms with van der Waals surface area (Å²) in [5, 5.41) is -0.0838. The molecule has 0 N–H and O–H groups in total. The monoisotopic (exact) mass is 270 g/mol. The zero-order valence-electron chi connectivity index (χ0n) is 4.33. The van der Waals surface area contributed by atoms with Crippen molar-refractivity contribution in [3.8, 4) is 0 Å². The average molecular weight is 270 g/mol. The van der Waals surface area contributed by atoms with Crippen LogP contribution in [0.25, 0.3) is 0 Å². The van der Waals surface area contributed by atoms with Gasteiger partial charge in [0.25, 0.3) is 0 Å². The number of rotatable bonds is 3. The first-order valence-electron chi connectivity index (χ1n) is 2.17. The predicted octanol–water partition coefficient (Wildman–Crippen LogP) is 2.80. The van der Waals surface area contributed by atoms with E-state index in [-0.39, 0.29) is 6.42 Å². The Balaban J connectivity index is 3.39. The molecule has 0 rings (SSSR count). The minimum atomic E-state index is -3.05. The SMILES string of the molecule is O=C(Cl)C[CH2][Ge]([Cl])([Cl])[Cl]. The molecule has 0 aliphatic carbocycles. The molecule has 54 valence electrons. The number of halogens is 4. The Hall–Kier alpha value is 1.37. The molecule has 0 atom stereocenters. The second kappa shape index (κ2) is 4.29. The van der Waals surface area contributed by atoms with Crippen LogP contribution in [0.5, 0.6) is 0 Å². The molecule has 1 nitrogen and oxygen atoms in total. The molecule has 0 unspecified atom stereocenters. The van der Waals surface area contributed by atoms with Crippen molar-refractivity contribution in [2.75, 3.05) is 0 Å². The van der Waals surface area contributed by atoms with Crippen LogP contribution in [-0.4, -0.2) is 15.7 Å². The van der Waals surface area contributed by atoms with E-state index in [1.54, 1.807) is 0 Å². The quantitative estimate of drug-likeness (QED) is 0.569. The minimum absolute atomic E-state index is 0.179.